The minimum atomic E-state index is -0.315. The standard InChI is InChI=1S/C18H14N4O3/c1-10-5-6-19-15(8-10)21-17(23)12-9-13(14-4-3-7-24-14)20-18-16(12)11(2)22-25-18/h3-9H,1-2H3,(H,19,21,23). The van der Waals surface area contributed by atoms with Gasteiger partial charge in [-0.3, -0.25) is 4.79 Å². The molecule has 0 aromatic carbocycles. The van der Waals surface area contributed by atoms with Crippen molar-refractivity contribution in [1.82, 2.24) is 15.1 Å². The zero-order valence-electron chi connectivity index (χ0n) is 13.6. The molecule has 4 rings (SSSR count). The van der Waals surface area contributed by atoms with Gasteiger partial charge in [-0.1, -0.05) is 5.16 Å². The maximum atomic E-state index is 12.8. The molecular formula is C18H14N4O3. The van der Waals surface area contributed by atoms with Gasteiger partial charge in [0.2, 0.25) is 0 Å². The molecule has 0 saturated heterocycles. The van der Waals surface area contributed by atoms with Crippen molar-refractivity contribution in [3.05, 3.63) is 59.6 Å². The molecule has 4 aromatic rings. The number of aromatic nitrogens is 3. The van der Waals surface area contributed by atoms with Crippen LogP contribution in [0.25, 0.3) is 22.6 Å². The Hall–Kier alpha value is -3.48. The van der Waals surface area contributed by atoms with Gasteiger partial charge in [-0.15, -0.1) is 0 Å². The molecule has 0 aliphatic rings. The minimum absolute atomic E-state index is 0.286. The van der Waals surface area contributed by atoms with Crippen LogP contribution in [0.1, 0.15) is 21.6 Å². The predicted molar refractivity (Wildman–Crippen MR) is 91.2 cm³/mol. The van der Waals surface area contributed by atoms with Crippen LogP contribution in [0.4, 0.5) is 5.82 Å². The van der Waals surface area contributed by atoms with Crippen molar-refractivity contribution in [1.29, 1.82) is 0 Å². The van der Waals surface area contributed by atoms with E-state index in [2.05, 4.69) is 20.4 Å². The summed E-state index contributed by atoms with van der Waals surface area (Å²) in [7, 11) is 0. The predicted octanol–water partition coefficient (Wildman–Crippen LogP) is 3.75. The Bertz CT molecular complexity index is 1070. The van der Waals surface area contributed by atoms with Crippen molar-refractivity contribution in [2.45, 2.75) is 13.8 Å². The third-order valence-corrected chi connectivity index (χ3v) is 3.79. The highest BCUT2D eigenvalue weighted by Crippen LogP contribution is 2.27. The third-order valence-electron chi connectivity index (χ3n) is 3.79. The van der Waals surface area contributed by atoms with Gasteiger partial charge in [0.25, 0.3) is 11.6 Å². The Kier molecular flexibility index (Phi) is 3.53. The van der Waals surface area contributed by atoms with Crippen molar-refractivity contribution in [2.24, 2.45) is 0 Å². The number of anilines is 1. The van der Waals surface area contributed by atoms with Crippen LogP contribution in [0.5, 0.6) is 0 Å². The molecule has 0 unspecified atom stereocenters. The molecule has 1 amide bonds. The molecule has 4 aromatic heterocycles. The second-order valence-corrected chi connectivity index (χ2v) is 5.65. The van der Waals surface area contributed by atoms with Crippen molar-refractivity contribution in [3.63, 3.8) is 0 Å². The van der Waals surface area contributed by atoms with Crippen LogP contribution in [-0.4, -0.2) is 21.0 Å². The molecule has 0 aliphatic heterocycles. The van der Waals surface area contributed by atoms with E-state index in [9.17, 15) is 4.79 Å². The number of fused-ring (bicyclic) bond motifs is 1. The smallest absolute Gasteiger partial charge is 0.259 e. The van der Waals surface area contributed by atoms with Crippen molar-refractivity contribution < 1.29 is 13.7 Å². The van der Waals surface area contributed by atoms with Gasteiger partial charge in [-0.05, 0) is 49.7 Å². The van der Waals surface area contributed by atoms with Gasteiger partial charge in [0.05, 0.1) is 22.9 Å². The Morgan fingerprint density at radius 3 is 2.84 bits per heavy atom. The van der Waals surface area contributed by atoms with Gasteiger partial charge in [-0.25, -0.2) is 9.97 Å². The van der Waals surface area contributed by atoms with E-state index < -0.39 is 0 Å². The summed E-state index contributed by atoms with van der Waals surface area (Å²) in [6, 6.07) is 8.84. The minimum Gasteiger partial charge on any atom is -0.463 e. The molecule has 0 radical (unpaired) electrons. The highest BCUT2D eigenvalue weighted by Gasteiger charge is 2.20. The summed E-state index contributed by atoms with van der Waals surface area (Å²) < 4.78 is 10.6. The molecule has 4 heterocycles. The highest BCUT2D eigenvalue weighted by atomic mass is 16.5. The number of hydrogen-bond acceptors (Lipinski definition) is 6. The van der Waals surface area contributed by atoms with Crippen molar-refractivity contribution >= 4 is 22.8 Å². The lowest BCUT2D eigenvalue weighted by molar-refractivity contribution is 0.102. The van der Waals surface area contributed by atoms with E-state index >= 15 is 0 Å². The number of nitrogens with zero attached hydrogens (tertiary/aromatic N) is 3. The molecule has 1 N–H and O–H groups in total. The lowest BCUT2D eigenvalue weighted by Crippen LogP contribution is -2.14. The number of carbonyl (C=O) groups is 1. The molecule has 0 spiro atoms. The molecule has 0 atom stereocenters. The lowest BCUT2D eigenvalue weighted by Gasteiger charge is -2.07. The van der Waals surface area contributed by atoms with Gasteiger partial charge in [-0.2, -0.15) is 0 Å². The third kappa shape index (κ3) is 2.76. The largest absolute Gasteiger partial charge is 0.463 e. The van der Waals surface area contributed by atoms with E-state index in [1.54, 1.807) is 43.6 Å². The second kappa shape index (κ2) is 5.86. The van der Waals surface area contributed by atoms with Gasteiger partial charge < -0.3 is 14.3 Å². The van der Waals surface area contributed by atoms with Crippen LogP contribution in [-0.2, 0) is 0 Å². The number of hydrogen-bond donors (Lipinski definition) is 1. The van der Waals surface area contributed by atoms with Crippen LogP contribution in [0.3, 0.4) is 0 Å². The summed E-state index contributed by atoms with van der Waals surface area (Å²) in [6.45, 7) is 3.70. The van der Waals surface area contributed by atoms with Crippen molar-refractivity contribution in [3.8, 4) is 11.5 Å². The zero-order valence-corrected chi connectivity index (χ0v) is 13.6. The second-order valence-electron chi connectivity index (χ2n) is 5.65. The summed E-state index contributed by atoms with van der Waals surface area (Å²) in [5.41, 5.74) is 2.78. The summed E-state index contributed by atoms with van der Waals surface area (Å²) in [5, 5.41) is 7.29. The van der Waals surface area contributed by atoms with Crippen LogP contribution in [0, 0.1) is 13.8 Å². The first-order valence-electron chi connectivity index (χ1n) is 7.67. The molecular weight excluding hydrogens is 320 g/mol. The van der Waals surface area contributed by atoms with E-state index in [1.807, 2.05) is 13.0 Å². The summed E-state index contributed by atoms with van der Waals surface area (Å²) in [5.74, 6) is 0.701. The fraction of sp³-hybridized carbons (Fsp3) is 0.111. The van der Waals surface area contributed by atoms with Gasteiger partial charge in [0.15, 0.2) is 5.76 Å². The number of aryl methyl sites for hydroxylation is 2. The topological polar surface area (TPSA) is 94.1 Å². The summed E-state index contributed by atoms with van der Waals surface area (Å²) in [6.07, 6.45) is 3.19. The average Bonchev–Trinajstić information content (AvgIpc) is 3.24. The van der Waals surface area contributed by atoms with Gasteiger partial charge in [0.1, 0.15) is 11.5 Å². The molecule has 0 fully saturated rings. The first-order valence-corrected chi connectivity index (χ1v) is 7.67. The first-order chi connectivity index (χ1) is 12.1. The Morgan fingerprint density at radius 2 is 2.08 bits per heavy atom. The lowest BCUT2D eigenvalue weighted by atomic mass is 10.1. The SMILES string of the molecule is Cc1ccnc(NC(=O)c2cc(-c3ccco3)nc3onc(C)c23)c1. The average molecular weight is 334 g/mol. The summed E-state index contributed by atoms with van der Waals surface area (Å²) in [4.78, 5) is 21.4. The monoisotopic (exact) mass is 334 g/mol. The zero-order chi connectivity index (χ0) is 17.4. The first kappa shape index (κ1) is 15.1. The molecule has 0 aliphatic carbocycles. The molecule has 0 saturated carbocycles. The number of furan rings is 1. The number of rotatable bonds is 3. The fourth-order valence-electron chi connectivity index (χ4n) is 2.61. The van der Waals surface area contributed by atoms with Gasteiger partial charge >= 0.3 is 0 Å². The van der Waals surface area contributed by atoms with Crippen molar-refractivity contribution in [2.75, 3.05) is 5.32 Å². The van der Waals surface area contributed by atoms with Crippen LogP contribution in [0.2, 0.25) is 0 Å². The quantitative estimate of drug-likeness (QED) is 0.613. The Morgan fingerprint density at radius 1 is 1.20 bits per heavy atom. The normalized spacial score (nSPS) is 11.0. The van der Waals surface area contributed by atoms with E-state index in [0.717, 1.165) is 5.56 Å². The summed E-state index contributed by atoms with van der Waals surface area (Å²) >= 11 is 0. The number of amides is 1. The Labute approximate surface area is 142 Å². The van der Waals surface area contributed by atoms with E-state index in [0.29, 0.717) is 33.9 Å². The number of pyridine rings is 2. The van der Waals surface area contributed by atoms with Crippen LogP contribution < -0.4 is 5.32 Å². The Balaban J connectivity index is 1.81. The number of nitrogens with one attached hydrogen (secondary N) is 1. The highest BCUT2D eigenvalue weighted by molar-refractivity contribution is 6.12. The van der Waals surface area contributed by atoms with E-state index in [4.69, 9.17) is 8.94 Å². The molecule has 25 heavy (non-hydrogen) atoms. The van der Waals surface area contributed by atoms with Crippen LogP contribution in [0.15, 0.2) is 51.7 Å². The molecule has 7 nitrogen and oxygen atoms in total. The molecule has 7 heteroatoms. The van der Waals surface area contributed by atoms with E-state index in [-0.39, 0.29) is 11.6 Å². The molecule has 124 valence electrons. The van der Waals surface area contributed by atoms with Crippen LogP contribution >= 0.6 is 0 Å². The molecule has 0 bridgehead atoms. The maximum Gasteiger partial charge on any atom is 0.259 e. The van der Waals surface area contributed by atoms with Gasteiger partial charge in [0, 0.05) is 6.20 Å². The number of carbonyl (C=O) groups excluding carboxylic acids is 1. The van der Waals surface area contributed by atoms with E-state index in [1.165, 1.54) is 0 Å². The fourth-order valence-corrected chi connectivity index (χ4v) is 2.61. The maximum absolute atomic E-state index is 12.8.